The van der Waals surface area contributed by atoms with E-state index in [-0.39, 0.29) is 28.5 Å². The Morgan fingerprint density at radius 3 is 1.65 bits per heavy atom. The number of hydrogen-bond donors (Lipinski definition) is 0. The quantitative estimate of drug-likeness (QED) is 0.154. The lowest BCUT2D eigenvalue weighted by Crippen LogP contribution is -2.60. The zero-order chi connectivity index (χ0) is 47.8. The third-order valence-corrected chi connectivity index (χ3v) is 18.6. The monoisotopic (exact) mass is 918 g/mol. The van der Waals surface area contributed by atoms with Crippen molar-refractivity contribution in [2.45, 2.75) is 103 Å². The van der Waals surface area contributed by atoms with E-state index in [0.29, 0.717) is 0 Å². The van der Waals surface area contributed by atoms with Crippen molar-refractivity contribution in [3.63, 3.8) is 0 Å². The van der Waals surface area contributed by atoms with Gasteiger partial charge in [-0.15, -0.1) is 0 Å². The van der Waals surface area contributed by atoms with Crippen LogP contribution >= 0.6 is 0 Å². The molecular formula is C66H55BN2O2. The van der Waals surface area contributed by atoms with Gasteiger partial charge >= 0.3 is 6.85 Å². The first-order valence-corrected chi connectivity index (χ1v) is 26.0. The number of nitrogens with zero attached hydrogens (tertiary/aromatic N) is 2. The van der Waals surface area contributed by atoms with Crippen LogP contribution in [0.4, 0.5) is 11.4 Å². The first kappa shape index (κ1) is 40.5. The molecule has 2 aliphatic heterocycles. The highest BCUT2D eigenvalue weighted by atomic mass is 16.3. The minimum atomic E-state index is -0.190. The van der Waals surface area contributed by atoms with Gasteiger partial charge in [0.1, 0.15) is 16.7 Å². The van der Waals surface area contributed by atoms with Gasteiger partial charge in [-0.05, 0) is 145 Å². The minimum absolute atomic E-state index is 0.0529. The summed E-state index contributed by atoms with van der Waals surface area (Å²) >= 11 is 0. The Morgan fingerprint density at radius 2 is 0.958 bits per heavy atom. The van der Waals surface area contributed by atoms with E-state index >= 15 is 0 Å². The van der Waals surface area contributed by atoms with Crippen molar-refractivity contribution in [1.29, 1.82) is 0 Å². The molecule has 0 amide bonds. The second kappa shape index (κ2) is 13.0. The number of rotatable bonds is 1. The molecule has 5 heterocycles. The lowest BCUT2D eigenvalue weighted by molar-refractivity contribution is 0.332. The van der Waals surface area contributed by atoms with Crippen LogP contribution in [0.15, 0.2) is 148 Å². The van der Waals surface area contributed by atoms with E-state index in [1.165, 1.54) is 98.6 Å². The summed E-state index contributed by atoms with van der Waals surface area (Å²) in [7, 11) is 0. The first-order valence-electron chi connectivity index (χ1n) is 26.0. The molecule has 2 aliphatic carbocycles. The van der Waals surface area contributed by atoms with Crippen molar-refractivity contribution in [3.8, 4) is 16.8 Å². The molecule has 0 bridgehead atoms. The highest BCUT2D eigenvalue weighted by Crippen LogP contribution is 2.55. The Kier molecular flexibility index (Phi) is 7.41. The molecule has 4 nitrogen and oxygen atoms in total. The predicted molar refractivity (Wildman–Crippen MR) is 300 cm³/mol. The topological polar surface area (TPSA) is 34.5 Å². The summed E-state index contributed by atoms with van der Waals surface area (Å²) in [5, 5.41) is 12.2. The van der Waals surface area contributed by atoms with E-state index in [2.05, 4.69) is 204 Å². The van der Waals surface area contributed by atoms with Gasteiger partial charge in [0.25, 0.3) is 0 Å². The third kappa shape index (κ3) is 5.02. The van der Waals surface area contributed by atoms with Crippen LogP contribution in [0.5, 0.6) is 0 Å². The summed E-state index contributed by atoms with van der Waals surface area (Å²) in [6.45, 7) is 19.1. The Labute approximate surface area is 413 Å². The van der Waals surface area contributed by atoms with Crippen LogP contribution in [0.25, 0.3) is 104 Å². The fraction of sp³-hybridized carbons (Fsp3) is 0.242. The van der Waals surface area contributed by atoms with Gasteiger partial charge in [0.05, 0.1) is 22.4 Å². The molecule has 0 saturated heterocycles. The van der Waals surface area contributed by atoms with E-state index in [9.17, 15) is 0 Å². The molecule has 5 heteroatoms. The minimum Gasteiger partial charge on any atom is -0.455 e. The van der Waals surface area contributed by atoms with Gasteiger partial charge in [-0.1, -0.05) is 146 Å². The zero-order valence-electron chi connectivity index (χ0n) is 41.9. The molecule has 9 aromatic carbocycles. The van der Waals surface area contributed by atoms with Crippen LogP contribution in [-0.4, -0.2) is 11.4 Å². The number of anilines is 2. The molecule has 16 rings (SSSR count). The van der Waals surface area contributed by atoms with Crippen molar-refractivity contribution in [1.82, 2.24) is 4.57 Å². The molecule has 0 atom stereocenters. The van der Waals surface area contributed by atoms with Gasteiger partial charge in [0, 0.05) is 54.3 Å². The zero-order valence-corrected chi connectivity index (χ0v) is 41.9. The molecule has 0 spiro atoms. The van der Waals surface area contributed by atoms with E-state index < -0.39 is 0 Å². The Balaban J connectivity index is 1.08. The standard InChI is InChI=1S/C66H55BN2O2/c1-63(2)27-29-65(5,6)49-34-54-44(32-47(49)63)42-20-14-22-53(61(42)70-54)69-52-26-25-43-45-33-48-50(66(7,8)30-28-64(48,3)4)35-55(45)71-62(43)56(52)46-31-37-16-10-12-18-39(37)60-57(46)67(69)51-21-13-19-40-41-24-23-36-15-9-11-17-38(36)58(41)68(60)59(40)51/h9-26,31-35H,27-30H2,1-8H3. The summed E-state index contributed by atoms with van der Waals surface area (Å²) < 4.78 is 17.5. The molecule has 0 radical (unpaired) electrons. The maximum atomic E-state index is 7.47. The third-order valence-electron chi connectivity index (χ3n) is 18.6. The molecule has 344 valence electrons. The molecule has 0 N–H and O–H groups in total. The van der Waals surface area contributed by atoms with E-state index in [1.807, 2.05) is 0 Å². The Bertz CT molecular complexity index is 4440. The number of para-hydroxylation sites is 2. The van der Waals surface area contributed by atoms with E-state index in [1.54, 1.807) is 0 Å². The summed E-state index contributed by atoms with van der Waals surface area (Å²) in [6.07, 6.45) is 4.62. The molecular weight excluding hydrogens is 864 g/mol. The maximum absolute atomic E-state index is 7.47. The maximum Gasteiger partial charge on any atom is 0.333 e. The highest BCUT2D eigenvalue weighted by Gasteiger charge is 2.47. The fourth-order valence-electron chi connectivity index (χ4n) is 14.6. The summed E-state index contributed by atoms with van der Waals surface area (Å²) in [5.41, 5.74) is 20.7. The number of fused-ring (bicyclic) bond motifs is 20. The lowest BCUT2D eigenvalue weighted by Gasteiger charge is -2.42. The highest BCUT2D eigenvalue weighted by molar-refractivity contribution is 6.94. The Morgan fingerprint density at radius 1 is 0.423 bits per heavy atom. The van der Waals surface area contributed by atoms with Crippen LogP contribution in [0.3, 0.4) is 0 Å². The fourth-order valence-corrected chi connectivity index (χ4v) is 14.6. The number of benzene rings is 9. The second-order valence-electron chi connectivity index (χ2n) is 24.5. The molecule has 0 saturated carbocycles. The largest absolute Gasteiger partial charge is 0.455 e. The van der Waals surface area contributed by atoms with Crippen LogP contribution in [-0.2, 0) is 21.7 Å². The van der Waals surface area contributed by atoms with Crippen molar-refractivity contribution in [2.24, 2.45) is 0 Å². The van der Waals surface area contributed by atoms with Crippen LogP contribution in [0.1, 0.15) is 103 Å². The number of aromatic nitrogens is 1. The number of furan rings is 2. The Hall–Kier alpha value is -7.24. The van der Waals surface area contributed by atoms with Crippen LogP contribution in [0, 0.1) is 0 Å². The summed E-state index contributed by atoms with van der Waals surface area (Å²) in [6, 6.07) is 53.6. The van der Waals surface area contributed by atoms with Gasteiger partial charge in [-0.25, -0.2) is 0 Å². The van der Waals surface area contributed by atoms with Gasteiger partial charge in [0.2, 0.25) is 0 Å². The summed E-state index contributed by atoms with van der Waals surface area (Å²) in [5.74, 6) is 0. The normalized spacial score (nSPS) is 18.0. The van der Waals surface area contributed by atoms with Crippen molar-refractivity contribution in [3.05, 3.63) is 162 Å². The van der Waals surface area contributed by atoms with Crippen LogP contribution < -0.4 is 15.7 Å². The van der Waals surface area contributed by atoms with Gasteiger partial charge < -0.3 is 18.2 Å². The smallest absolute Gasteiger partial charge is 0.333 e. The molecule has 12 aromatic rings. The van der Waals surface area contributed by atoms with Gasteiger partial charge in [-0.2, -0.15) is 0 Å². The van der Waals surface area contributed by atoms with Gasteiger partial charge in [-0.3, -0.25) is 0 Å². The van der Waals surface area contributed by atoms with Crippen LogP contribution in [0.2, 0.25) is 0 Å². The lowest BCUT2D eigenvalue weighted by atomic mass is 9.43. The average Bonchev–Trinajstić information content (AvgIpc) is 4.05. The summed E-state index contributed by atoms with van der Waals surface area (Å²) in [4.78, 5) is 2.65. The van der Waals surface area contributed by atoms with E-state index in [0.717, 1.165) is 75.7 Å². The second-order valence-corrected chi connectivity index (χ2v) is 24.5. The predicted octanol–water partition coefficient (Wildman–Crippen LogP) is 16.8. The molecule has 71 heavy (non-hydrogen) atoms. The number of hydrogen-bond acceptors (Lipinski definition) is 3. The van der Waals surface area contributed by atoms with Crippen molar-refractivity contribution in [2.75, 3.05) is 4.81 Å². The average molecular weight is 919 g/mol. The first-order chi connectivity index (χ1) is 34.2. The van der Waals surface area contributed by atoms with Crippen molar-refractivity contribution >= 4 is 116 Å². The van der Waals surface area contributed by atoms with Crippen molar-refractivity contribution < 1.29 is 8.83 Å². The molecule has 4 aliphatic rings. The molecule has 0 unspecified atom stereocenters. The van der Waals surface area contributed by atoms with Gasteiger partial charge in [0.15, 0.2) is 5.58 Å². The van der Waals surface area contributed by atoms with E-state index in [4.69, 9.17) is 8.83 Å². The molecule has 0 fully saturated rings. The SMILES string of the molecule is CC1(C)CCC(C)(C)c2cc3c(cc21)oc1c(N2B4c5c(cc6ccccc6c5-n5c6c4cccc6c4ccc6ccccc6c45)-c4c2ccc2c4oc4cc5c(cc42)C(C)(C)CCC5(C)C)cccc13. The molecule has 3 aromatic heterocycles.